The van der Waals surface area contributed by atoms with Crippen LogP contribution in [-0.4, -0.2) is 24.0 Å². The van der Waals surface area contributed by atoms with Crippen molar-refractivity contribution in [2.24, 2.45) is 5.73 Å². The lowest BCUT2D eigenvalue weighted by Gasteiger charge is -2.34. The maximum atomic E-state index is 5.73. The van der Waals surface area contributed by atoms with Crippen LogP contribution in [-0.2, 0) is 6.54 Å². The Morgan fingerprint density at radius 2 is 1.76 bits per heavy atom. The molecule has 1 fully saturated rings. The molecule has 2 heteroatoms. The van der Waals surface area contributed by atoms with Gasteiger partial charge in [0.25, 0.3) is 0 Å². The third-order valence-electron chi connectivity index (χ3n) is 4.77. The number of benzene rings is 1. The van der Waals surface area contributed by atoms with Gasteiger partial charge in [0, 0.05) is 12.6 Å². The van der Waals surface area contributed by atoms with Crippen LogP contribution in [0, 0.1) is 0 Å². The summed E-state index contributed by atoms with van der Waals surface area (Å²) in [5.41, 5.74) is 8.61. The van der Waals surface area contributed by atoms with E-state index in [9.17, 15) is 0 Å². The highest BCUT2D eigenvalue weighted by atomic mass is 15.2. The standard InChI is InChI=1S/C19H32N2/c1-16(2)18-11-9-17(10-12-18)15-21(14-6-13-20)19-7-4-3-5-8-19/h9-12,16,19H,3-8,13-15,20H2,1-2H3. The number of hydrogen-bond donors (Lipinski definition) is 1. The molecule has 1 aromatic carbocycles. The molecule has 1 saturated carbocycles. The highest BCUT2D eigenvalue weighted by Gasteiger charge is 2.20. The number of hydrogen-bond acceptors (Lipinski definition) is 2. The Balaban J connectivity index is 1.99. The molecule has 0 atom stereocenters. The second-order valence-corrected chi connectivity index (χ2v) is 6.80. The average Bonchev–Trinajstić information content (AvgIpc) is 2.52. The molecule has 0 amide bonds. The van der Waals surface area contributed by atoms with Gasteiger partial charge in [-0.25, -0.2) is 0 Å². The van der Waals surface area contributed by atoms with E-state index in [-0.39, 0.29) is 0 Å². The molecule has 21 heavy (non-hydrogen) atoms. The molecule has 1 aliphatic carbocycles. The number of nitrogens with two attached hydrogens (primary N) is 1. The quantitative estimate of drug-likeness (QED) is 0.811. The van der Waals surface area contributed by atoms with Gasteiger partial charge in [-0.15, -0.1) is 0 Å². The first kappa shape index (κ1) is 16.5. The summed E-state index contributed by atoms with van der Waals surface area (Å²) in [5, 5.41) is 0. The molecule has 0 saturated heterocycles. The van der Waals surface area contributed by atoms with Crippen molar-refractivity contribution >= 4 is 0 Å². The fourth-order valence-electron chi connectivity index (χ4n) is 3.37. The van der Waals surface area contributed by atoms with Gasteiger partial charge in [0.05, 0.1) is 0 Å². The van der Waals surface area contributed by atoms with Crippen LogP contribution in [0.4, 0.5) is 0 Å². The molecule has 118 valence electrons. The van der Waals surface area contributed by atoms with Crippen LogP contribution in [0.2, 0.25) is 0 Å². The van der Waals surface area contributed by atoms with E-state index < -0.39 is 0 Å². The normalized spacial score (nSPS) is 16.8. The maximum absolute atomic E-state index is 5.73. The van der Waals surface area contributed by atoms with E-state index in [1.807, 2.05) is 0 Å². The first-order chi connectivity index (χ1) is 10.2. The molecule has 0 aliphatic heterocycles. The largest absolute Gasteiger partial charge is 0.330 e. The van der Waals surface area contributed by atoms with Gasteiger partial charge in [-0.2, -0.15) is 0 Å². The van der Waals surface area contributed by atoms with Gasteiger partial charge in [0.15, 0.2) is 0 Å². The van der Waals surface area contributed by atoms with Gasteiger partial charge in [0.1, 0.15) is 0 Å². The van der Waals surface area contributed by atoms with Crippen molar-refractivity contribution in [3.63, 3.8) is 0 Å². The Hall–Kier alpha value is -0.860. The Kier molecular flexibility index (Phi) is 6.72. The molecule has 0 unspecified atom stereocenters. The van der Waals surface area contributed by atoms with E-state index in [0.717, 1.165) is 32.1 Å². The first-order valence-corrected chi connectivity index (χ1v) is 8.73. The van der Waals surface area contributed by atoms with Crippen LogP contribution < -0.4 is 5.73 Å². The lowest BCUT2D eigenvalue weighted by molar-refractivity contribution is 0.147. The highest BCUT2D eigenvalue weighted by molar-refractivity contribution is 5.24. The summed E-state index contributed by atoms with van der Waals surface area (Å²) in [4.78, 5) is 2.68. The van der Waals surface area contributed by atoms with E-state index in [1.165, 1.54) is 43.2 Å². The van der Waals surface area contributed by atoms with Crippen molar-refractivity contribution in [3.8, 4) is 0 Å². The topological polar surface area (TPSA) is 29.3 Å². The minimum Gasteiger partial charge on any atom is -0.330 e. The number of nitrogens with zero attached hydrogens (tertiary/aromatic N) is 1. The van der Waals surface area contributed by atoms with E-state index >= 15 is 0 Å². The minimum atomic E-state index is 0.616. The number of rotatable bonds is 7. The predicted octanol–water partition coefficient (Wildman–Crippen LogP) is 4.29. The third kappa shape index (κ3) is 5.12. The molecular formula is C19H32N2. The molecule has 1 aromatic rings. The van der Waals surface area contributed by atoms with Crippen molar-refractivity contribution in [3.05, 3.63) is 35.4 Å². The molecule has 0 heterocycles. The average molecular weight is 288 g/mol. The smallest absolute Gasteiger partial charge is 0.0236 e. The third-order valence-corrected chi connectivity index (χ3v) is 4.77. The SMILES string of the molecule is CC(C)c1ccc(CN(CCCN)C2CCCCC2)cc1. The molecule has 2 N–H and O–H groups in total. The second-order valence-electron chi connectivity index (χ2n) is 6.80. The second kappa shape index (κ2) is 8.55. The Morgan fingerprint density at radius 1 is 1.10 bits per heavy atom. The predicted molar refractivity (Wildman–Crippen MR) is 91.5 cm³/mol. The van der Waals surface area contributed by atoms with Crippen molar-refractivity contribution in [1.29, 1.82) is 0 Å². The molecule has 2 nitrogen and oxygen atoms in total. The van der Waals surface area contributed by atoms with E-state index in [0.29, 0.717) is 5.92 Å². The fraction of sp³-hybridized carbons (Fsp3) is 0.684. The van der Waals surface area contributed by atoms with Crippen molar-refractivity contribution < 1.29 is 0 Å². The van der Waals surface area contributed by atoms with Gasteiger partial charge in [-0.1, -0.05) is 57.4 Å². The van der Waals surface area contributed by atoms with E-state index in [2.05, 4.69) is 43.0 Å². The summed E-state index contributed by atoms with van der Waals surface area (Å²) >= 11 is 0. The molecule has 0 aromatic heterocycles. The van der Waals surface area contributed by atoms with Crippen molar-refractivity contribution in [1.82, 2.24) is 4.90 Å². The summed E-state index contributed by atoms with van der Waals surface area (Å²) < 4.78 is 0. The molecule has 0 bridgehead atoms. The summed E-state index contributed by atoms with van der Waals surface area (Å²) in [7, 11) is 0. The van der Waals surface area contributed by atoms with Gasteiger partial charge in [0.2, 0.25) is 0 Å². The van der Waals surface area contributed by atoms with Gasteiger partial charge in [-0.05, 0) is 49.4 Å². The van der Waals surface area contributed by atoms with Gasteiger partial charge in [-0.3, -0.25) is 4.90 Å². The lowest BCUT2D eigenvalue weighted by Crippen LogP contribution is -2.37. The van der Waals surface area contributed by atoms with Crippen LogP contribution in [0.25, 0.3) is 0 Å². The zero-order valence-corrected chi connectivity index (χ0v) is 13.9. The Morgan fingerprint density at radius 3 is 2.33 bits per heavy atom. The fourth-order valence-corrected chi connectivity index (χ4v) is 3.37. The molecule has 0 radical (unpaired) electrons. The zero-order chi connectivity index (χ0) is 15.1. The maximum Gasteiger partial charge on any atom is 0.0236 e. The summed E-state index contributed by atoms with van der Waals surface area (Å²) in [6.07, 6.45) is 8.07. The molecular weight excluding hydrogens is 256 g/mol. The zero-order valence-electron chi connectivity index (χ0n) is 13.9. The summed E-state index contributed by atoms with van der Waals surface area (Å²) in [6, 6.07) is 9.99. The Labute approximate surface area is 130 Å². The summed E-state index contributed by atoms with van der Waals surface area (Å²) in [5.74, 6) is 0.616. The van der Waals surface area contributed by atoms with Gasteiger partial charge >= 0.3 is 0 Å². The van der Waals surface area contributed by atoms with Crippen LogP contribution in [0.5, 0.6) is 0 Å². The first-order valence-electron chi connectivity index (χ1n) is 8.73. The van der Waals surface area contributed by atoms with Gasteiger partial charge < -0.3 is 5.73 Å². The van der Waals surface area contributed by atoms with E-state index in [4.69, 9.17) is 5.73 Å². The highest BCUT2D eigenvalue weighted by Crippen LogP contribution is 2.24. The van der Waals surface area contributed by atoms with Crippen LogP contribution in [0.15, 0.2) is 24.3 Å². The monoisotopic (exact) mass is 288 g/mol. The lowest BCUT2D eigenvalue weighted by atomic mass is 9.93. The van der Waals surface area contributed by atoms with Crippen LogP contribution in [0.1, 0.15) is 69.4 Å². The van der Waals surface area contributed by atoms with E-state index in [1.54, 1.807) is 0 Å². The minimum absolute atomic E-state index is 0.616. The molecule has 2 rings (SSSR count). The van der Waals surface area contributed by atoms with Crippen molar-refractivity contribution in [2.75, 3.05) is 13.1 Å². The Bertz CT molecular complexity index is 391. The molecule has 1 aliphatic rings. The summed E-state index contributed by atoms with van der Waals surface area (Å²) in [6.45, 7) is 7.54. The van der Waals surface area contributed by atoms with Crippen LogP contribution in [0.3, 0.4) is 0 Å². The van der Waals surface area contributed by atoms with Crippen LogP contribution >= 0.6 is 0 Å². The van der Waals surface area contributed by atoms with Crippen molar-refractivity contribution in [2.45, 2.75) is 70.9 Å². The molecule has 0 spiro atoms.